The number of anilines is 2. The highest BCUT2D eigenvalue weighted by molar-refractivity contribution is 6.21. The van der Waals surface area contributed by atoms with Gasteiger partial charge in [0.15, 0.2) is 0 Å². The molecule has 2 rings (SSSR count). The van der Waals surface area contributed by atoms with E-state index in [1.54, 1.807) is 32.0 Å². The zero-order valence-electron chi connectivity index (χ0n) is 10.6. The largest absolute Gasteiger partial charge is 0.495 e. The Hall–Kier alpha value is -2.04. The molecule has 1 aliphatic heterocycles. The van der Waals surface area contributed by atoms with Crippen molar-refractivity contribution in [2.24, 2.45) is 11.8 Å². The van der Waals surface area contributed by atoms with Crippen LogP contribution in [0.4, 0.5) is 11.4 Å². The lowest BCUT2D eigenvalue weighted by atomic mass is 10.00. The van der Waals surface area contributed by atoms with E-state index in [0.717, 1.165) is 0 Å². The average Bonchev–Trinajstić information content (AvgIpc) is 2.54. The molecule has 1 heterocycles. The number of nitrogens with two attached hydrogens (primary N) is 1. The van der Waals surface area contributed by atoms with Gasteiger partial charge in [-0.05, 0) is 18.2 Å². The van der Waals surface area contributed by atoms with Crippen LogP contribution in [0, 0.1) is 11.8 Å². The maximum atomic E-state index is 12.0. The molecule has 1 fully saturated rings. The molecule has 18 heavy (non-hydrogen) atoms. The summed E-state index contributed by atoms with van der Waals surface area (Å²) >= 11 is 0. The molecule has 1 aliphatic rings. The van der Waals surface area contributed by atoms with Crippen LogP contribution in [-0.4, -0.2) is 18.9 Å². The van der Waals surface area contributed by atoms with Crippen LogP contribution < -0.4 is 15.4 Å². The second kappa shape index (κ2) is 4.33. The molecule has 96 valence electrons. The van der Waals surface area contributed by atoms with Gasteiger partial charge in [0, 0.05) is 11.8 Å². The topological polar surface area (TPSA) is 72.6 Å². The number of amides is 2. The van der Waals surface area contributed by atoms with Crippen molar-refractivity contribution in [3.05, 3.63) is 18.2 Å². The van der Waals surface area contributed by atoms with Crippen LogP contribution in [0.25, 0.3) is 0 Å². The fourth-order valence-corrected chi connectivity index (χ4v) is 2.06. The average molecular weight is 248 g/mol. The van der Waals surface area contributed by atoms with Gasteiger partial charge in [-0.1, -0.05) is 13.8 Å². The molecule has 5 nitrogen and oxygen atoms in total. The van der Waals surface area contributed by atoms with Gasteiger partial charge in [0.1, 0.15) is 5.75 Å². The highest BCUT2D eigenvalue weighted by Crippen LogP contribution is 2.33. The predicted molar refractivity (Wildman–Crippen MR) is 68.2 cm³/mol. The first-order valence-corrected chi connectivity index (χ1v) is 5.78. The van der Waals surface area contributed by atoms with Gasteiger partial charge in [0.2, 0.25) is 11.8 Å². The van der Waals surface area contributed by atoms with Crippen LogP contribution in [-0.2, 0) is 9.59 Å². The maximum absolute atomic E-state index is 12.0. The molecule has 0 saturated carbocycles. The third-order valence-electron chi connectivity index (χ3n) is 3.44. The fourth-order valence-electron chi connectivity index (χ4n) is 2.06. The van der Waals surface area contributed by atoms with Crippen molar-refractivity contribution >= 4 is 23.2 Å². The van der Waals surface area contributed by atoms with E-state index in [2.05, 4.69) is 0 Å². The molecule has 0 aromatic heterocycles. The highest BCUT2D eigenvalue weighted by Gasteiger charge is 2.43. The second-order valence-electron chi connectivity index (χ2n) is 4.52. The molecule has 0 radical (unpaired) electrons. The summed E-state index contributed by atoms with van der Waals surface area (Å²) in [5.74, 6) is -0.422. The monoisotopic (exact) mass is 248 g/mol. The van der Waals surface area contributed by atoms with Crippen LogP contribution in [0.5, 0.6) is 5.75 Å². The fraction of sp³-hybridized carbons (Fsp3) is 0.385. The summed E-state index contributed by atoms with van der Waals surface area (Å²) in [6, 6.07) is 4.90. The minimum atomic E-state index is -0.291. The van der Waals surface area contributed by atoms with E-state index >= 15 is 0 Å². The normalized spacial score (nSPS) is 23.6. The molecule has 2 N–H and O–H groups in total. The first kappa shape index (κ1) is 12.4. The Morgan fingerprint density at radius 2 is 1.72 bits per heavy atom. The van der Waals surface area contributed by atoms with E-state index in [1.165, 1.54) is 12.0 Å². The Morgan fingerprint density at radius 3 is 2.17 bits per heavy atom. The number of nitrogen functional groups attached to an aromatic ring is 1. The van der Waals surface area contributed by atoms with Crippen molar-refractivity contribution in [1.29, 1.82) is 0 Å². The van der Waals surface area contributed by atoms with Crippen molar-refractivity contribution < 1.29 is 14.3 Å². The Bertz CT molecular complexity index is 493. The Labute approximate surface area is 106 Å². The van der Waals surface area contributed by atoms with E-state index in [-0.39, 0.29) is 23.7 Å². The van der Waals surface area contributed by atoms with E-state index in [1.807, 2.05) is 0 Å². The van der Waals surface area contributed by atoms with Crippen molar-refractivity contribution in [2.45, 2.75) is 13.8 Å². The summed E-state index contributed by atoms with van der Waals surface area (Å²) in [6.45, 7) is 3.52. The number of hydrogen-bond donors (Lipinski definition) is 1. The van der Waals surface area contributed by atoms with Gasteiger partial charge >= 0.3 is 0 Å². The quantitative estimate of drug-likeness (QED) is 0.634. The minimum absolute atomic E-state index is 0.183. The molecule has 1 aromatic carbocycles. The molecule has 2 atom stereocenters. The van der Waals surface area contributed by atoms with Crippen molar-refractivity contribution in [3.63, 3.8) is 0 Å². The standard InChI is InChI=1S/C13H16N2O3/c1-7-8(2)13(17)15(12(7)16)9-4-5-11(18-3)10(14)6-9/h4-8H,14H2,1-3H3. The van der Waals surface area contributed by atoms with Crippen LogP contribution in [0.1, 0.15) is 13.8 Å². The highest BCUT2D eigenvalue weighted by atomic mass is 16.5. The number of imide groups is 1. The molecular formula is C13H16N2O3. The lowest BCUT2D eigenvalue weighted by Crippen LogP contribution is -2.30. The van der Waals surface area contributed by atoms with Crippen LogP contribution in [0.2, 0.25) is 0 Å². The van der Waals surface area contributed by atoms with Crippen molar-refractivity contribution in [2.75, 3.05) is 17.7 Å². The third kappa shape index (κ3) is 1.72. The lowest BCUT2D eigenvalue weighted by Gasteiger charge is -2.16. The number of ether oxygens (including phenoxy) is 1. The van der Waals surface area contributed by atoms with Gasteiger partial charge in [-0.2, -0.15) is 0 Å². The molecule has 0 spiro atoms. The molecule has 2 unspecified atom stereocenters. The number of methoxy groups -OCH3 is 1. The van der Waals surface area contributed by atoms with E-state index in [0.29, 0.717) is 17.1 Å². The number of nitrogens with zero attached hydrogens (tertiary/aromatic N) is 1. The minimum Gasteiger partial charge on any atom is -0.495 e. The van der Waals surface area contributed by atoms with Crippen molar-refractivity contribution in [1.82, 2.24) is 0 Å². The Morgan fingerprint density at radius 1 is 1.17 bits per heavy atom. The van der Waals surface area contributed by atoms with E-state index in [4.69, 9.17) is 10.5 Å². The third-order valence-corrected chi connectivity index (χ3v) is 3.44. The summed E-state index contributed by atoms with van der Waals surface area (Å²) in [7, 11) is 1.52. The Balaban J connectivity index is 2.41. The second-order valence-corrected chi connectivity index (χ2v) is 4.52. The molecular weight excluding hydrogens is 232 g/mol. The van der Waals surface area contributed by atoms with Gasteiger partial charge in [0.05, 0.1) is 18.5 Å². The number of hydrogen-bond acceptors (Lipinski definition) is 4. The van der Waals surface area contributed by atoms with E-state index in [9.17, 15) is 9.59 Å². The van der Waals surface area contributed by atoms with Gasteiger partial charge in [-0.25, -0.2) is 4.90 Å². The first-order chi connectivity index (χ1) is 8.47. The van der Waals surface area contributed by atoms with Gasteiger partial charge in [0.25, 0.3) is 0 Å². The lowest BCUT2D eigenvalue weighted by molar-refractivity contribution is -0.122. The summed E-state index contributed by atoms with van der Waals surface area (Å²) in [5.41, 5.74) is 6.69. The SMILES string of the molecule is COc1ccc(N2C(=O)C(C)C(C)C2=O)cc1N. The summed E-state index contributed by atoms with van der Waals surface area (Å²) in [4.78, 5) is 25.3. The molecule has 5 heteroatoms. The van der Waals surface area contributed by atoms with Crippen LogP contribution in [0.3, 0.4) is 0 Å². The smallest absolute Gasteiger partial charge is 0.237 e. The number of carbonyl (C=O) groups is 2. The van der Waals surface area contributed by atoms with Crippen molar-refractivity contribution in [3.8, 4) is 5.75 Å². The predicted octanol–water partition coefficient (Wildman–Crippen LogP) is 1.42. The summed E-state index contributed by atoms with van der Waals surface area (Å²) < 4.78 is 5.05. The molecule has 0 aliphatic carbocycles. The Kier molecular flexibility index (Phi) is 2.98. The van der Waals surface area contributed by atoms with E-state index < -0.39 is 0 Å². The molecule has 0 bridgehead atoms. The van der Waals surface area contributed by atoms with Crippen LogP contribution in [0.15, 0.2) is 18.2 Å². The maximum Gasteiger partial charge on any atom is 0.237 e. The number of carbonyl (C=O) groups excluding carboxylic acids is 2. The van der Waals surface area contributed by atoms with Crippen LogP contribution >= 0.6 is 0 Å². The van der Waals surface area contributed by atoms with Gasteiger partial charge in [-0.3, -0.25) is 9.59 Å². The zero-order valence-corrected chi connectivity index (χ0v) is 10.6. The number of benzene rings is 1. The zero-order chi connectivity index (χ0) is 13.4. The molecule has 1 aromatic rings. The van der Waals surface area contributed by atoms with Gasteiger partial charge in [-0.15, -0.1) is 0 Å². The number of rotatable bonds is 2. The molecule has 1 saturated heterocycles. The summed E-state index contributed by atoms with van der Waals surface area (Å²) in [5, 5.41) is 0. The first-order valence-electron chi connectivity index (χ1n) is 5.78. The molecule has 2 amide bonds. The summed E-state index contributed by atoms with van der Waals surface area (Å²) in [6.07, 6.45) is 0. The van der Waals surface area contributed by atoms with Gasteiger partial charge < -0.3 is 10.5 Å².